The average molecular weight is 361 g/mol. The van der Waals surface area contributed by atoms with Gasteiger partial charge in [0.25, 0.3) is 5.91 Å². The number of aryl methyl sites for hydroxylation is 1. The summed E-state index contributed by atoms with van der Waals surface area (Å²) < 4.78 is 10.7. The number of ether oxygens (including phenoxy) is 1. The van der Waals surface area contributed by atoms with E-state index in [0.717, 1.165) is 17.4 Å². The Morgan fingerprint density at radius 2 is 2.04 bits per heavy atom. The minimum Gasteiger partial charge on any atom is -0.481 e. The number of carboxylic acids is 1. The number of aliphatic carboxylic acids is 1. The number of carbonyl (C=O) groups is 2. The van der Waals surface area contributed by atoms with E-state index in [1.807, 2.05) is 6.92 Å². The lowest BCUT2D eigenvalue weighted by Crippen LogP contribution is -2.46. The van der Waals surface area contributed by atoms with Crippen LogP contribution in [0.4, 0.5) is 0 Å². The van der Waals surface area contributed by atoms with Crippen molar-refractivity contribution < 1.29 is 23.8 Å². The topological polar surface area (TPSA) is 106 Å². The van der Waals surface area contributed by atoms with Crippen molar-refractivity contribution >= 4 is 22.8 Å². The first-order valence-corrected chi connectivity index (χ1v) is 8.56. The minimum atomic E-state index is -1.07. The van der Waals surface area contributed by atoms with Crippen molar-refractivity contribution in [2.24, 2.45) is 0 Å². The number of unbranched alkanes of at least 4 members (excludes halogenated alkanes) is 1. The van der Waals surface area contributed by atoms with Crippen LogP contribution < -0.4 is 15.7 Å². The van der Waals surface area contributed by atoms with Gasteiger partial charge in [-0.2, -0.15) is 0 Å². The molecule has 0 aliphatic carbocycles. The molecule has 2 aromatic rings. The Hall–Kier alpha value is -2.83. The van der Waals surface area contributed by atoms with E-state index >= 15 is 0 Å². The smallest absolute Gasteiger partial charge is 0.336 e. The molecule has 2 N–H and O–H groups in total. The van der Waals surface area contributed by atoms with E-state index in [2.05, 4.69) is 5.32 Å². The van der Waals surface area contributed by atoms with E-state index in [-0.39, 0.29) is 0 Å². The van der Waals surface area contributed by atoms with Crippen molar-refractivity contribution in [3.05, 3.63) is 40.2 Å². The predicted molar refractivity (Wildman–Crippen MR) is 96.4 cm³/mol. The van der Waals surface area contributed by atoms with Crippen molar-refractivity contribution in [1.82, 2.24) is 5.32 Å². The monoisotopic (exact) mass is 361 g/mol. The number of hydrogen-bond acceptors (Lipinski definition) is 5. The summed E-state index contributed by atoms with van der Waals surface area (Å²) in [6, 6.07) is 5.42. The fourth-order valence-corrected chi connectivity index (χ4v) is 2.59. The summed E-state index contributed by atoms with van der Waals surface area (Å²) in [5.74, 6) is -1.23. The van der Waals surface area contributed by atoms with Crippen molar-refractivity contribution in [1.29, 1.82) is 0 Å². The van der Waals surface area contributed by atoms with Gasteiger partial charge in [-0.1, -0.05) is 19.8 Å². The molecule has 7 heteroatoms. The van der Waals surface area contributed by atoms with Gasteiger partial charge in [0.05, 0.1) is 0 Å². The Balaban J connectivity index is 2.09. The zero-order chi connectivity index (χ0) is 19.3. The molecular weight excluding hydrogens is 338 g/mol. The number of amides is 1. The lowest BCUT2D eigenvalue weighted by atomic mass is 10.1. The van der Waals surface area contributed by atoms with Crippen molar-refractivity contribution in [3.63, 3.8) is 0 Å². The second-order valence-electron chi connectivity index (χ2n) is 6.21. The largest absolute Gasteiger partial charge is 0.481 e. The Morgan fingerprint density at radius 3 is 2.69 bits per heavy atom. The zero-order valence-corrected chi connectivity index (χ0v) is 15.1. The molecule has 0 unspecified atom stereocenters. The molecular formula is C19H23NO6. The van der Waals surface area contributed by atoms with Gasteiger partial charge in [0.2, 0.25) is 0 Å². The first kappa shape index (κ1) is 19.5. The highest BCUT2D eigenvalue weighted by Gasteiger charge is 2.23. The molecule has 140 valence electrons. The SMILES string of the molecule is CCCC[C@@H](NC(=O)[C@@H](C)Oc1ccc2c(C)cc(=O)oc2c1)C(=O)O. The molecule has 0 bridgehead atoms. The molecule has 0 saturated heterocycles. The lowest BCUT2D eigenvalue weighted by Gasteiger charge is -2.19. The summed E-state index contributed by atoms with van der Waals surface area (Å²) in [4.78, 5) is 34.9. The highest BCUT2D eigenvalue weighted by Crippen LogP contribution is 2.23. The molecule has 26 heavy (non-hydrogen) atoms. The van der Waals surface area contributed by atoms with Crippen LogP contribution >= 0.6 is 0 Å². The standard InChI is InChI=1S/C19H23NO6/c1-4-5-6-15(19(23)24)20-18(22)12(3)25-13-7-8-14-11(2)9-17(21)26-16(14)10-13/h7-10,12,15H,4-6H2,1-3H3,(H,20,22)(H,23,24)/t12-,15-/m1/s1. The van der Waals surface area contributed by atoms with Crippen molar-refractivity contribution in [2.75, 3.05) is 0 Å². The number of carboxylic acid groups (broad SMARTS) is 1. The van der Waals surface area contributed by atoms with Crippen LogP contribution in [0, 0.1) is 6.92 Å². The van der Waals surface area contributed by atoms with E-state index in [1.165, 1.54) is 13.0 Å². The van der Waals surface area contributed by atoms with Gasteiger partial charge >= 0.3 is 11.6 Å². The third-order valence-electron chi connectivity index (χ3n) is 4.07. The summed E-state index contributed by atoms with van der Waals surface area (Å²) in [7, 11) is 0. The Bertz CT molecular complexity index is 857. The van der Waals surface area contributed by atoms with Crippen LogP contribution in [0.2, 0.25) is 0 Å². The van der Waals surface area contributed by atoms with Crippen LogP contribution in [-0.2, 0) is 9.59 Å². The van der Waals surface area contributed by atoms with Gasteiger partial charge in [0, 0.05) is 17.5 Å². The Morgan fingerprint density at radius 1 is 1.31 bits per heavy atom. The molecule has 0 aliphatic heterocycles. The zero-order valence-electron chi connectivity index (χ0n) is 15.1. The van der Waals surface area contributed by atoms with Crippen LogP contribution in [0.5, 0.6) is 5.75 Å². The molecule has 2 rings (SSSR count). The molecule has 2 atom stereocenters. The quantitative estimate of drug-likeness (QED) is 0.700. The second-order valence-corrected chi connectivity index (χ2v) is 6.21. The van der Waals surface area contributed by atoms with Crippen LogP contribution in [-0.4, -0.2) is 29.1 Å². The fraction of sp³-hybridized carbons (Fsp3) is 0.421. The number of rotatable bonds is 8. The highest BCUT2D eigenvalue weighted by molar-refractivity contribution is 5.86. The molecule has 0 saturated carbocycles. The number of nitrogens with one attached hydrogen (secondary N) is 1. The Labute approximate surface area is 151 Å². The number of benzene rings is 1. The summed E-state index contributed by atoms with van der Waals surface area (Å²) >= 11 is 0. The average Bonchev–Trinajstić information content (AvgIpc) is 2.57. The van der Waals surface area contributed by atoms with Gasteiger partial charge in [0.1, 0.15) is 17.4 Å². The molecule has 1 heterocycles. The van der Waals surface area contributed by atoms with Gasteiger partial charge in [-0.3, -0.25) is 4.79 Å². The van der Waals surface area contributed by atoms with Gasteiger partial charge in [-0.15, -0.1) is 0 Å². The first-order chi connectivity index (χ1) is 12.3. The maximum atomic E-state index is 12.2. The van der Waals surface area contributed by atoms with E-state index in [9.17, 15) is 19.5 Å². The molecule has 1 aromatic carbocycles. The molecule has 0 spiro atoms. The fourth-order valence-electron chi connectivity index (χ4n) is 2.59. The van der Waals surface area contributed by atoms with Gasteiger partial charge in [-0.05, 0) is 38.0 Å². The van der Waals surface area contributed by atoms with E-state index in [0.29, 0.717) is 24.2 Å². The summed E-state index contributed by atoms with van der Waals surface area (Å²) in [5, 5.41) is 12.5. The number of fused-ring (bicyclic) bond motifs is 1. The first-order valence-electron chi connectivity index (χ1n) is 8.56. The highest BCUT2D eigenvalue weighted by atomic mass is 16.5. The molecule has 0 radical (unpaired) electrons. The van der Waals surface area contributed by atoms with Crippen molar-refractivity contribution in [3.8, 4) is 5.75 Å². The van der Waals surface area contributed by atoms with Gasteiger partial charge < -0.3 is 19.6 Å². The normalized spacial score (nSPS) is 13.2. The summed E-state index contributed by atoms with van der Waals surface area (Å²) in [5.41, 5.74) is 0.693. The maximum Gasteiger partial charge on any atom is 0.336 e. The van der Waals surface area contributed by atoms with Crippen LogP contribution in [0.1, 0.15) is 38.7 Å². The minimum absolute atomic E-state index is 0.356. The maximum absolute atomic E-state index is 12.2. The number of hydrogen-bond donors (Lipinski definition) is 2. The molecule has 7 nitrogen and oxygen atoms in total. The van der Waals surface area contributed by atoms with Crippen LogP contribution in [0.15, 0.2) is 33.5 Å². The van der Waals surface area contributed by atoms with Crippen molar-refractivity contribution in [2.45, 2.75) is 52.2 Å². The lowest BCUT2D eigenvalue weighted by molar-refractivity contribution is -0.143. The predicted octanol–water partition coefficient (Wildman–Crippen LogP) is 2.63. The third-order valence-corrected chi connectivity index (χ3v) is 4.07. The third kappa shape index (κ3) is 4.84. The summed E-state index contributed by atoms with van der Waals surface area (Å²) in [6.07, 6.45) is 1.01. The van der Waals surface area contributed by atoms with Gasteiger partial charge in [-0.25, -0.2) is 9.59 Å². The molecule has 0 fully saturated rings. The van der Waals surface area contributed by atoms with E-state index in [4.69, 9.17) is 9.15 Å². The number of carbonyl (C=O) groups excluding carboxylic acids is 1. The Kier molecular flexibility index (Phi) is 6.38. The second kappa shape index (κ2) is 8.51. The molecule has 1 aromatic heterocycles. The van der Waals surface area contributed by atoms with Crippen LogP contribution in [0.25, 0.3) is 11.0 Å². The molecule has 0 aliphatic rings. The van der Waals surface area contributed by atoms with Gasteiger partial charge in [0.15, 0.2) is 6.10 Å². The van der Waals surface area contributed by atoms with E-state index < -0.39 is 29.6 Å². The summed E-state index contributed by atoms with van der Waals surface area (Å²) in [6.45, 7) is 5.29. The molecule has 1 amide bonds. The van der Waals surface area contributed by atoms with E-state index in [1.54, 1.807) is 25.1 Å². The van der Waals surface area contributed by atoms with Crippen LogP contribution in [0.3, 0.4) is 0 Å².